The first-order chi connectivity index (χ1) is 9.27. The summed E-state index contributed by atoms with van der Waals surface area (Å²) >= 11 is 0. The van der Waals surface area contributed by atoms with E-state index in [2.05, 4.69) is 4.99 Å². The molecule has 1 aromatic rings. The second kappa shape index (κ2) is 5.18. The Kier molecular flexibility index (Phi) is 3.74. The van der Waals surface area contributed by atoms with E-state index in [9.17, 15) is 17.6 Å². The van der Waals surface area contributed by atoms with Crippen molar-refractivity contribution in [3.8, 4) is 0 Å². The number of halogens is 4. The lowest BCUT2D eigenvalue weighted by atomic mass is 10.1. The van der Waals surface area contributed by atoms with Gasteiger partial charge in [-0.3, -0.25) is 0 Å². The molecule has 0 radical (unpaired) electrons. The number of amidine groups is 1. The fourth-order valence-electron chi connectivity index (χ4n) is 1.92. The zero-order valence-electron chi connectivity index (χ0n) is 10.6. The topological polar surface area (TPSA) is 50.9 Å². The molecule has 2 rings (SSSR count). The number of likely N-dealkylation sites (N-methyl/N-ethyl adjacent to an activating group) is 1. The van der Waals surface area contributed by atoms with Crippen molar-refractivity contribution in [1.82, 2.24) is 0 Å². The van der Waals surface area contributed by atoms with Crippen LogP contribution in [0.5, 0.6) is 0 Å². The normalized spacial score (nSPS) is 18.6. The first-order valence-electron chi connectivity index (χ1n) is 5.81. The maximum Gasteiger partial charge on any atom is 0.419 e. The van der Waals surface area contributed by atoms with Crippen molar-refractivity contribution in [3.05, 3.63) is 29.6 Å². The molecule has 0 saturated heterocycles. The summed E-state index contributed by atoms with van der Waals surface area (Å²) in [5.74, 6) is -1.30. The number of nitrogens with two attached hydrogens (primary N) is 1. The molecule has 0 spiro atoms. The van der Waals surface area contributed by atoms with E-state index in [1.165, 1.54) is 6.07 Å². The summed E-state index contributed by atoms with van der Waals surface area (Å²) in [6, 6.07) is 2.66. The van der Waals surface area contributed by atoms with Gasteiger partial charge in [0.15, 0.2) is 0 Å². The highest BCUT2D eigenvalue weighted by atomic mass is 19.4. The SMILES string of the molecule is CN(C[C@H]1COC(N)=N1)c1ccc(C(F)(F)F)c(F)c1. The second-order valence-corrected chi connectivity index (χ2v) is 4.47. The Morgan fingerprint density at radius 3 is 2.65 bits per heavy atom. The molecule has 0 fully saturated rings. The van der Waals surface area contributed by atoms with Crippen LogP contribution in [0.1, 0.15) is 5.56 Å². The minimum Gasteiger partial charge on any atom is -0.463 e. The molecule has 1 aliphatic heterocycles. The zero-order valence-corrected chi connectivity index (χ0v) is 10.6. The van der Waals surface area contributed by atoms with E-state index < -0.39 is 17.6 Å². The van der Waals surface area contributed by atoms with Gasteiger partial charge in [-0.05, 0) is 18.2 Å². The smallest absolute Gasteiger partial charge is 0.419 e. The Hall–Kier alpha value is -1.99. The van der Waals surface area contributed by atoms with E-state index in [0.717, 1.165) is 12.1 Å². The van der Waals surface area contributed by atoms with E-state index in [1.807, 2.05) is 0 Å². The lowest BCUT2D eigenvalue weighted by Crippen LogP contribution is -2.29. The molecule has 1 atom stereocenters. The monoisotopic (exact) mass is 291 g/mol. The minimum atomic E-state index is -4.70. The first-order valence-corrected chi connectivity index (χ1v) is 5.81. The number of ether oxygens (including phenoxy) is 1. The number of rotatable bonds is 3. The van der Waals surface area contributed by atoms with E-state index >= 15 is 0 Å². The third-order valence-corrected chi connectivity index (χ3v) is 2.92. The maximum atomic E-state index is 13.5. The average molecular weight is 291 g/mol. The van der Waals surface area contributed by atoms with E-state index in [-0.39, 0.29) is 12.1 Å². The van der Waals surface area contributed by atoms with Crippen LogP contribution in [-0.4, -0.2) is 32.3 Å². The van der Waals surface area contributed by atoms with Crippen molar-refractivity contribution in [1.29, 1.82) is 0 Å². The second-order valence-electron chi connectivity index (χ2n) is 4.47. The van der Waals surface area contributed by atoms with Gasteiger partial charge >= 0.3 is 6.18 Å². The molecular formula is C12H13F4N3O. The van der Waals surface area contributed by atoms with Crippen molar-refractivity contribution in [2.24, 2.45) is 10.7 Å². The van der Waals surface area contributed by atoms with Crippen LogP contribution in [0.15, 0.2) is 23.2 Å². The van der Waals surface area contributed by atoms with E-state index in [1.54, 1.807) is 11.9 Å². The van der Waals surface area contributed by atoms with Crippen LogP contribution in [0.4, 0.5) is 23.2 Å². The van der Waals surface area contributed by atoms with Crippen LogP contribution < -0.4 is 10.6 Å². The van der Waals surface area contributed by atoms with Crippen LogP contribution in [0.25, 0.3) is 0 Å². The molecular weight excluding hydrogens is 278 g/mol. The first kappa shape index (κ1) is 14.4. The Balaban J connectivity index is 2.11. The largest absolute Gasteiger partial charge is 0.463 e. The van der Waals surface area contributed by atoms with Gasteiger partial charge in [0.2, 0.25) is 0 Å². The summed E-state index contributed by atoms with van der Waals surface area (Å²) < 4.78 is 55.8. The molecule has 4 nitrogen and oxygen atoms in total. The molecule has 2 N–H and O–H groups in total. The minimum absolute atomic E-state index is 0.0852. The molecule has 1 heterocycles. The number of nitrogens with zero attached hydrogens (tertiary/aromatic N) is 2. The maximum absolute atomic E-state index is 13.5. The summed E-state index contributed by atoms with van der Waals surface area (Å²) in [6.45, 7) is 0.671. The molecule has 1 aromatic carbocycles. The fourth-order valence-corrected chi connectivity index (χ4v) is 1.92. The number of alkyl halides is 3. The van der Waals surface area contributed by atoms with Gasteiger partial charge in [0.1, 0.15) is 18.5 Å². The lowest BCUT2D eigenvalue weighted by Gasteiger charge is -2.21. The molecule has 0 aromatic heterocycles. The van der Waals surface area contributed by atoms with Crippen molar-refractivity contribution >= 4 is 11.7 Å². The Morgan fingerprint density at radius 2 is 2.15 bits per heavy atom. The van der Waals surface area contributed by atoms with Gasteiger partial charge in [-0.2, -0.15) is 13.2 Å². The average Bonchev–Trinajstić information content (AvgIpc) is 2.73. The van der Waals surface area contributed by atoms with Crippen molar-refractivity contribution in [2.45, 2.75) is 12.2 Å². The molecule has 0 bridgehead atoms. The van der Waals surface area contributed by atoms with Crippen LogP contribution in [0, 0.1) is 5.82 Å². The van der Waals surface area contributed by atoms with Gasteiger partial charge in [-0.15, -0.1) is 0 Å². The highest BCUT2D eigenvalue weighted by Gasteiger charge is 2.34. The lowest BCUT2D eigenvalue weighted by molar-refractivity contribution is -0.139. The molecule has 1 aliphatic rings. The summed E-state index contributed by atoms with van der Waals surface area (Å²) in [7, 11) is 1.63. The van der Waals surface area contributed by atoms with Gasteiger partial charge in [0.05, 0.1) is 5.56 Å². The van der Waals surface area contributed by atoms with E-state index in [4.69, 9.17) is 10.5 Å². The van der Waals surface area contributed by atoms with Gasteiger partial charge in [0.25, 0.3) is 6.02 Å². The molecule has 0 aliphatic carbocycles. The van der Waals surface area contributed by atoms with Crippen LogP contribution >= 0.6 is 0 Å². The number of anilines is 1. The zero-order chi connectivity index (χ0) is 14.9. The summed E-state index contributed by atoms with van der Waals surface area (Å²) in [6.07, 6.45) is -4.70. The third kappa shape index (κ3) is 3.12. The van der Waals surface area contributed by atoms with Crippen molar-refractivity contribution < 1.29 is 22.3 Å². The summed E-state index contributed by atoms with van der Waals surface area (Å²) in [4.78, 5) is 5.59. The van der Waals surface area contributed by atoms with Gasteiger partial charge in [0, 0.05) is 19.3 Å². The Bertz CT molecular complexity index is 530. The molecule has 0 unspecified atom stereocenters. The standard InChI is InChI=1S/C12H13F4N3O/c1-19(5-7-6-20-11(17)18-7)8-2-3-9(10(13)4-8)12(14,15)16/h2-4,7H,5-6H2,1H3,(H2,17,18)/t7-/m0/s1. The van der Waals surface area contributed by atoms with Crippen LogP contribution in [0.3, 0.4) is 0 Å². The fraction of sp³-hybridized carbons (Fsp3) is 0.417. The predicted octanol–water partition coefficient (Wildman–Crippen LogP) is 1.99. The Labute approximate surface area is 112 Å². The molecule has 20 heavy (non-hydrogen) atoms. The van der Waals surface area contributed by atoms with Gasteiger partial charge < -0.3 is 15.4 Å². The molecule has 110 valence electrons. The molecule has 0 saturated carbocycles. The van der Waals surface area contributed by atoms with Crippen LogP contribution in [0.2, 0.25) is 0 Å². The number of benzene rings is 1. The summed E-state index contributed by atoms with van der Waals surface area (Å²) in [5.41, 5.74) is 4.41. The Morgan fingerprint density at radius 1 is 1.45 bits per heavy atom. The predicted molar refractivity (Wildman–Crippen MR) is 66.0 cm³/mol. The van der Waals surface area contributed by atoms with E-state index in [0.29, 0.717) is 18.8 Å². The van der Waals surface area contributed by atoms with Gasteiger partial charge in [-0.25, -0.2) is 9.38 Å². The van der Waals surface area contributed by atoms with Crippen molar-refractivity contribution in [3.63, 3.8) is 0 Å². The number of aliphatic imine (C=N–C) groups is 1. The quantitative estimate of drug-likeness (QED) is 0.867. The number of hydrogen-bond acceptors (Lipinski definition) is 4. The summed E-state index contributed by atoms with van der Waals surface area (Å²) in [5, 5.41) is 0. The highest BCUT2D eigenvalue weighted by molar-refractivity contribution is 5.73. The van der Waals surface area contributed by atoms with Crippen LogP contribution in [-0.2, 0) is 10.9 Å². The van der Waals surface area contributed by atoms with Gasteiger partial charge in [-0.1, -0.05) is 0 Å². The number of hydrogen-bond donors (Lipinski definition) is 1. The molecule has 0 amide bonds. The van der Waals surface area contributed by atoms with Crippen molar-refractivity contribution in [2.75, 3.05) is 25.1 Å². The third-order valence-electron chi connectivity index (χ3n) is 2.92. The molecule has 8 heteroatoms. The highest BCUT2D eigenvalue weighted by Crippen LogP contribution is 2.33.